The van der Waals surface area contributed by atoms with Crippen molar-refractivity contribution in [3.63, 3.8) is 0 Å². The fraction of sp³-hybridized carbons (Fsp3) is 0.667. The Hall–Kier alpha value is -0.870. The number of hydrogen-bond acceptors (Lipinski definition) is 4. The molecule has 0 aliphatic carbocycles. The molecule has 2 heterocycles. The van der Waals surface area contributed by atoms with Crippen LogP contribution in [0.3, 0.4) is 0 Å². The van der Waals surface area contributed by atoms with Crippen LogP contribution in [0.4, 0.5) is 0 Å². The van der Waals surface area contributed by atoms with E-state index in [0.29, 0.717) is 6.04 Å². The van der Waals surface area contributed by atoms with Gasteiger partial charge in [0, 0.05) is 32.2 Å². The molecule has 1 aromatic heterocycles. The number of nitrogens with one attached hydrogen (secondary N) is 1. The molecular weight excluding hydrogens is 166 g/mol. The van der Waals surface area contributed by atoms with Gasteiger partial charge in [0.25, 0.3) is 0 Å². The number of aromatic nitrogens is 1. The van der Waals surface area contributed by atoms with E-state index in [2.05, 4.69) is 22.1 Å². The van der Waals surface area contributed by atoms with Gasteiger partial charge in [-0.3, -0.25) is 4.90 Å². The van der Waals surface area contributed by atoms with Crippen LogP contribution >= 0.6 is 0 Å². The van der Waals surface area contributed by atoms with Gasteiger partial charge >= 0.3 is 0 Å². The molecule has 4 nitrogen and oxygen atoms in total. The second-order valence-electron chi connectivity index (χ2n) is 3.57. The Labute approximate surface area is 77.9 Å². The lowest BCUT2D eigenvalue weighted by atomic mass is 10.2. The summed E-state index contributed by atoms with van der Waals surface area (Å²) in [6.07, 6.45) is 3.20. The predicted molar refractivity (Wildman–Crippen MR) is 49.2 cm³/mol. The van der Waals surface area contributed by atoms with E-state index in [1.807, 2.05) is 0 Å². The molecule has 13 heavy (non-hydrogen) atoms. The number of hydrogen-bond donors (Lipinski definition) is 1. The maximum atomic E-state index is 4.93. The molecule has 0 spiro atoms. The van der Waals surface area contributed by atoms with E-state index in [1.165, 1.54) is 6.39 Å². The van der Waals surface area contributed by atoms with Crippen LogP contribution in [0.25, 0.3) is 0 Å². The van der Waals surface area contributed by atoms with Gasteiger partial charge in [-0.2, -0.15) is 0 Å². The van der Waals surface area contributed by atoms with E-state index in [1.54, 1.807) is 6.26 Å². The van der Waals surface area contributed by atoms with Crippen molar-refractivity contribution in [3.8, 4) is 0 Å². The Bertz CT molecular complexity index is 247. The van der Waals surface area contributed by atoms with E-state index in [0.717, 1.165) is 31.9 Å². The highest BCUT2D eigenvalue weighted by Crippen LogP contribution is 2.04. The molecule has 0 amide bonds. The SMILES string of the molecule is C[C@@H]1CN(Cc2cocn2)CCN1. The first-order chi connectivity index (χ1) is 6.34. The molecule has 0 aromatic carbocycles. The van der Waals surface area contributed by atoms with Gasteiger partial charge in [0.2, 0.25) is 0 Å². The average molecular weight is 181 g/mol. The summed E-state index contributed by atoms with van der Waals surface area (Å²) in [4.78, 5) is 6.49. The molecule has 1 fully saturated rings. The van der Waals surface area contributed by atoms with Crippen LogP contribution in [0, 0.1) is 0 Å². The minimum absolute atomic E-state index is 0.584. The van der Waals surface area contributed by atoms with Crippen molar-refractivity contribution in [2.45, 2.75) is 19.5 Å². The topological polar surface area (TPSA) is 41.3 Å². The Morgan fingerprint density at radius 3 is 3.38 bits per heavy atom. The summed E-state index contributed by atoms with van der Waals surface area (Å²) in [6.45, 7) is 6.36. The molecule has 0 saturated carbocycles. The lowest BCUT2D eigenvalue weighted by molar-refractivity contribution is 0.197. The summed E-state index contributed by atoms with van der Waals surface area (Å²) in [5.74, 6) is 0. The monoisotopic (exact) mass is 181 g/mol. The van der Waals surface area contributed by atoms with Crippen LogP contribution in [-0.2, 0) is 6.54 Å². The smallest absolute Gasteiger partial charge is 0.180 e. The first-order valence-electron chi connectivity index (χ1n) is 4.67. The molecule has 0 bridgehead atoms. The van der Waals surface area contributed by atoms with Crippen molar-refractivity contribution in [1.82, 2.24) is 15.2 Å². The van der Waals surface area contributed by atoms with Gasteiger partial charge in [0.15, 0.2) is 6.39 Å². The van der Waals surface area contributed by atoms with Crippen molar-refractivity contribution in [2.75, 3.05) is 19.6 Å². The average Bonchev–Trinajstić information content (AvgIpc) is 2.57. The zero-order valence-corrected chi connectivity index (χ0v) is 7.86. The van der Waals surface area contributed by atoms with Crippen molar-refractivity contribution in [3.05, 3.63) is 18.4 Å². The quantitative estimate of drug-likeness (QED) is 0.720. The van der Waals surface area contributed by atoms with Gasteiger partial charge in [-0.1, -0.05) is 0 Å². The summed E-state index contributed by atoms with van der Waals surface area (Å²) < 4.78 is 4.93. The number of rotatable bonds is 2. The molecule has 1 saturated heterocycles. The van der Waals surface area contributed by atoms with E-state index in [4.69, 9.17) is 4.42 Å². The number of oxazole rings is 1. The Morgan fingerprint density at radius 1 is 1.77 bits per heavy atom. The zero-order chi connectivity index (χ0) is 9.10. The summed E-state index contributed by atoms with van der Waals surface area (Å²) in [7, 11) is 0. The van der Waals surface area contributed by atoms with Crippen LogP contribution in [0.5, 0.6) is 0 Å². The Kier molecular flexibility index (Phi) is 2.61. The number of piperazine rings is 1. The van der Waals surface area contributed by atoms with E-state index in [9.17, 15) is 0 Å². The zero-order valence-electron chi connectivity index (χ0n) is 7.86. The van der Waals surface area contributed by atoms with Crippen molar-refractivity contribution < 1.29 is 4.42 Å². The molecule has 1 N–H and O–H groups in total. The summed E-state index contributed by atoms with van der Waals surface area (Å²) in [5.41, 5.74) is 1.02. The second kappa shape index (κ2) is 3.89. The molecule has 1 aromatic rings. The highest BCUT2D eigenvalue weighted by Gasteiger charge is 2.15. The first-order valence-corrected chi connectivity index (χ1v) is 4.67. The Balaban J connectivity index is 1.87. The number of nitrogens with zero attached hydrogens (tertiary/aromatic N) is 2. The first kappa shape index (κ1) is 8.72. The van der Waals surface area contributed by atoms with Crippen LogP contribution in [0.2, 0.25) is 0 Å². The van der Waals surface area contributed by atoms with E-state index in [-0.39, 0.29) is 0 Å². The molecule has 2 rings (SSSR count). The standard InChI is InChI=1S/C9H15N3O/c1-8-4-12(3-2-10-8)5-9-6-13-7-11-9/h6-8,10H,2-5H2,1H3/t8-/m1/s1. The van der Waals surface area contributed by atoms with Gasteiger partial charge in [-0.15, -0.1) is 0 Å². The van der Waals surface area contributed by atoms with Crippen LogP contribution in [0.1, 0.15) is 12.6 Å². The van der Waals surface area contributed by atoms with Gasteiger partial charge < -0.3 is 9.73 Å². The van der Waals surface area contributed by atoms with Gasteiger partial charge in [-0.05, 0) is 6.92 Å². The normalized spacial score (nSPS) is 24.8. The molecular formula is C9H15N3O. The Morgan fingerprint density at radius 2 is 2.69 bits per heavy atom. The lowest BCUT2D eigenvalue weighted by Gasteiger charge is -2.30. The highest BCUT2D eigenvalue weighted by molar-refractivity contribution is 4.91. The summed E-state index contributed by atoms with van der Waals surface area (Å²) >= 11 is 0. The van der Waals surface area contributed by atoms with Crippen molar-refractivity contribution in [1.29, 1.82) is 0 Å². The highest BCUT2D eigenvalue weighted by atomic mass is 16.3. The molecule has 4 heteroatoms. The summed E-state index contributed by atoms with van der Waals surface area (Å²) in [6, 6.07) is 0.584. The molecule has 1 aliphatic heterocycles. The molecule has 1 atom stereocenters. The van der Waals surface area contributed by atoms with Crippen LogP contribution in [0.15, 0.2) is 17.1 Å². The maximum absolute atomic E-state index is 4.93. The van der Waals surface area contributed by atoms with Crippen LogP contribution in [-0.4, -0.2) is 35.6 Å². The fourth-order valence-electron chi connectivity index (χ4n) is 1.70. The van der Waals surface area contributed by atoms with Gasteiger partial charge in [-0.25, -0.2) is 4.98 Å². The molecule has 72 valence electrons. The fourth-order valence-corrected chi connectivity index (χ4v) is 1.70. The van der Waals surface area contributed by atoms with Gasteiger partial charge in [0.05, 0.1) is 5.69 Å². The van der Waals surface area contributed by atoms with Crippen molar-refractivity contribution >= 4 is 0 Å². The van der Waals surface area contributed by atoms with Crippen LogP contribution < -0.4 is 5.32 Å². The maximum Gasteiger partial charge on any atom is 0.180 e. The van der Waals surface area contributed by atoms with Gasteiger partial charge in [0.1, 0.15) is 6.26 Å². The lowest BCUT2D eigenvalue weighted by Crippen LogP contribution is -2.48. The molecule has 0 radical (unpaired) electrons. The summed E-state index contributed by atoms with van der Waals surface area (Å²) in [5, 5.41) is 3.41. The third-order valence-corrected chi connectivity index (χ3v) is 2.32. The second-order valence-corrected chi connectivity index (χ2v) is 3.57. The van der Waals surface area contributed by atoms with E-state index < -0.39 is 0 Å². The molecule has 0 unspecified atom stereocenters. The van der Waals surface area contributed by atoms with Crippen molar-refractivity contribution in [2.24, 2.45) is 0 Å². The minimum Gasteiger partial charge on any atom is -0.451 e. The predicted octanol–water partition coefficient (Wildman–Crippen LogP) is 0.468. The minimum atomic E-state index is 0.584. The van der Waals surface area contributed by atoms with E-state index >= 15 is 0 Å². The third kappa shape index (κ3) is 2.29. The third-order valence-electron chi connectivity index (χ3n) is 2.32. The largest absolute Gasteiger partial charge is 0.451 e. The molecule has 1 aliphatic rings.